The molecule has 2 rings (SSSR count). The summed E-state index contributed by atoms with van der Waals surface area (Å²) in [5.74, 6) is 0.208. The van der Waals surface area contributed by atoms with E-state index in [-0.39, 0.29) is 5.88 Å². The first-order valence-corrected chi connectivity index (χ1v) is 5.74. The lowest BCUT2D eigenvalue weighted by Gasteiger charge is -2.09. The summed E-state index contributed by atoms with van der Waals surface area (Å²) >= 11 is 10.4. The number of aliphatic hydroxyl groups excluding tert-OH is 1. The highest BCUT2D eigenvalue weighted by atomic mass is 35.5. The van der Waals surface area contributed by atoms with Gasteiger partial charge in [0.1, 0.15) is 0 Å². The molecular weight excluding hydrogens is 248 g/mol. The van der Waals surface area contributed by atoms with Gasteiger partial charge in [-0.2, -0.15) is 0 Å². The van der Waals surface area contributed by atoms with E-state index in [2.05, 4.69) is 10.3 Å². The number of benzene rings is 1. The third-order valence-electron chi connectivity index (χ3n) is 2.14. The number of rotatable bonds is 4. The van der Waals surface area contributed by atoms with E-state index in [1.165, 1.54) is 0 Å². The maximum Gasteiger partial charge on any atom is 0.266 e. The molecule has 0 saturated carbocycles. The smallest absolute Gasteiger partial charge is 0.266 e. The summed E-state index contributed by atoms with van der Waals surface area (Å²) in [6.07, 6.45) is -0.560. The van der Waals surface area contributed by atoms with Gasteiger partial charge in [0.25, 0.3) is 4.84 Å². The van der Waals surface area contributed by atoms with Crippen molar-refractivity contribution in [3.05, 3.63) is 23.0 Å². The number of anilines is 1. The molecule has 1 aromatic carbocycles. The molecule has 0 bridgehead atoms. The van der Waals surface area contributed by atoms with Crippen LogP contribution in [0.15, 0.2) is 22.6 Å². The van der Waals surface area contributed by atoms with E-state index >= 15 is 0 Å². The molecule has 0 spiro atoms. The van der Waals surface area contributed by atoms with Crippen LogP contribution in [0.3, 0.4) is 0 Å². The number of alkyl halides is 1. The molecule has 1 heterocycles. The zero-order valence-electron chi connectivity index (χ0n) is 8.37. The van der Waals surface area contributed by atoms with E-state index in [0.29, 0.717) is 17.0 Å². The Bertz CT molecular complexity index is 537. The van der Waals surface area contributed by atoms with Crippen LogP contribution in [0.4, 0.5) is 5.69 Å². The summed E-state index contributed by atoms with van der Waals surface area (Å²) in [6.45, 7) is 0.403. The molecule has 3 N–H and O–H groups in total. The van der Waals surface area contributed by atoms with E-state index in [4.69, 9.17) is 28.2 Å². The van der Waals surface area contributed by atoms with Gasteiger partial charge >= 0.3 is 0 Å². The van der Waals surface area contributed by atoms with Gasteiger partial charge < -0.3 is 19.8 Å². The van der Waals surface area contributed by atoms with E-state index in [1.807, 2.05) is 18.2 Å². The number of aromatic nitrogens is 1. The lowest BCUT2D eigenvalue weighted by molar-refractivity contribution is 0.211. The molecular formula is C10H11ClN2O2S. The average Bonchev–Trinajstić information content (AvgIpc) is 2.65. The third-order valence-corrected chi connectivity index (χ3v) is 2.68. The molecule has 2 aromatic rings. The average molecular weight is 259 g/mol. The Balaban J connectivity index is 2.16. The summed E-state index contributed by atoms with van der Waals surface area (Å²) in [7, 11) is 0. The molecule has 0 amide bonds. The Morgan fingerprint density at radius 2 is 2.38 bits per heavy atom. The van der Waals surface area contributed by atoms with Crippen molar-refractivity contribution >= 4 is 40.6 Å². The van der Waals surface area contributed by atoms with Crippen molar-refractivity contribution in [1.82, 2.24) is 4.98 Å². The van der Waals surface area contributed by atoms with Crippen LogP contribution in [-0.4, -0.2) is 28.6 Å². The monoisotopic (exact) mass is 258 g/mol. The van der Waals surface area contributed by atoms with Gasteiger partial charge in [0.05, 0.1) is 17.5 Å². The second kappa shape index (κ2) is 4.86. The lowest BCUT2D eigenvalue weighted by Crippen LogP contribution is -2.20. The van der Waals surface area contributed by atoms with Crippen LogP contribution >= 0.6 is 23.8 Å². The van der Waals surface area contributed by atoms with Gasteiger partial charge in [-0.3, -0.25) is 0 Å². The molecule has 0 aliphatic heterocycles. The highest BCUT2D eigenvalue weighted by Crippen LogP contribution is 2.18. The number of nitrogens with one attached hydrogen (secondary N) is 2. The van der Waals surface area contributed by atoms with Crippen LogP contribution in [0.5, 0.6) is 0 Å². The van der Waals surface area contributed by atoms with Crippen molar-refractivity contribution in [1.29, 1.82) is 0 Å². The molecule has 0 aliphatic carbocycles. The second-order valence-electron chi connectivity index (χ2n) is 3.41. The first-order valence-electron chi connectivity index (χ1n) is 4.80. The van der Waals surface area contributed by atoms with E-state index in [9.17, 15) is 5.11 Å². The zero-order chi connectivity index (χ0) is 11.5. The number of halogens is 1. The van der Waals surface area contributed by atoms with Crippen LogP contribution in [0.2, 0.25) is 0 Å². The van der Waals surface area contributed by atoms with Crippen molar-refractivity contribution in [3.63, 3.8) is 0 Å². The number of fused-ring (bicyclic) bond motifs is 1. The molecule has 1 unspecified atom stereocenters. The Morgan fingerprint density at radius 3 is 3.12 bits per heavy atom. The quantitative estimate of drug-likeness (QED) is 0.583. The van der Waals surface area contributed by atoms with Crippen molar-refractivity contribution in [3.8, 4) is 0 Å². The van der Waals surface area contributed by atoms with Crippen LogP contribution in [0.1, 0.15) is 0 Å². The van der Waals surface area contributed by atoms with Crippen LogP contribution in [0, 0.1) is 4.84 Å². The Hall–Kier alpha value is -1.04. The molecule has 0 saturated heterocycles. The highest BCUT2D eigenvalue weighted by Gasteiger charge is 2.03. The van der Waals surface area contributed by atoms with Crippen molar-refractivity contribution in [2.45, 2.75) is 6.10 Å². The fourth-order valence-electron chi connectivity index (χ4n) is 1.35. The predicted octanol–water partition coefficient (Wildman–Crippen LogP) is 2.50. The van der Waals surface area contributed by atoms with Gasteiger partial charge in [-0.1, -0.05) is 0 Å². The topological polar surface area (TPSA) is 61.2 Å². The van der Waals surface area contributed by atoms with E-state index in [1.54, 1.807) is 0 Å². The normalized spacial score (nSPS) is 12.9. The standard InChI is InChI=1S/C10H11ClN2O2S/c11-4-7(14)5-12-6-1-2-8-9(3-6)15-10(16)13-8/h1-3,7,12,14H,4-5H2,(H,13,16). The van der Waals surface area contributed by atoms with Gasteiger partial charge in [0, 0.05) is 18.3 Å². The van der Waals surface area contributed by atoms with Crippen molar-refractivity contribution in [2.75, 3.05) is 17.7 Å². The molecule has 4 nitrogen and oxygen atoms in total. The molecule has 16 heavy (non-hydrogen) atoms. The first-order chi connectivity index (χ1) is 7.69. The zero-order valence-corrected chi connectivity index (χ0v) is 9.94. The Kier molecular flexibility index (Phi) is 3.48. The van der Waals surface area contributed by atoms with Crippen LogP contribution < -0.4 is 5.32 Å². The summed E-state index contributed by atoms with van der Waals surface area (Å²) in [4.78, 5) is 3.27. The SMILES string of the molecule is OC(CCl)CNc1ccc2[nH]c(=S)oc2c1. The number of hydrogen-bond donors (Lipinski definition) is 3. The molecule has 86 valence electrons. The lowest BCUT2D eigenvalue weighted by atomic mass is 10.3. The summed E-state index contributed by atoms with van der Waals surface area (Å²) in [6, 6.07) is 5.57. The van der Waals surface area contributed by atoms with Gasteiger partial charge in [-0.15, -0.1) is 11.6 Å². The van der Waals surface area contributed by atoms with Crippen LogP contribution in [-0.2, 0) is 0 Å². The first kappa shape index (κ1) is 11.4. The van der Waals surface area contributed by atoms with Gasteiger partial charge in [-0.25, -0.2) is 0 Å². The summed E-state index contributed by atoms with van der Waals surface area (Å²) in [5, 5.41) is 12.4. The highest BCUT2D eigenvalue weighted by molar-refractivity contribution is 7.71. The van der Waals surface area contributed by atoms with E-state index < -0.39 is 6.10 Å². The molecule has 1 aromatic heterocycles. The minimum atomic E-state index is -0.560. The van der Waals surface area contributed by atoms with E-state index in [0.717, 1.165) is 11.2 Å². The predicted molar refractivity (Wildman–Crippen MR) is 66.6 cm³/mol. The minimum absolute atomic E-state index is 0.208. The summed E-state index contributed by atoms with van der Waals surface area (Å²) in [5.41, 5.74) is 2.40. The molecule has 0 aliphatic rings. The van der Waals surface area contributed by atoms with Gasteiger partial charge in [0.2, 0.25) is 0 Å². The second-order valence-corrected chi connectivity index (χ2v) is 4.09. The summed E-state index contributed by atoms with van der Waals surface area (Å²) < 4.78 is 5.27. The molecule has 1 atom stereocenters. The fourth-order valence-corrected chi connectivity index (χ4v) is 1.65. The van der Waals surface area contributed by atoms with Gasteiger partial charge in [0.15, 0.2) is 5.58 Å². The molecule has 0 fully saturated rings. The van der Waals surface area contributed by atoms with Gasteiger partial charge in [-0.05, 0) is 24.4 Å². The van der Waals surface area contributed by atoms with Crippen LogP contribution in [0.25, 0.3) is 11.1 Å². The van der Waals surface area contributed by atoms with Crippen molar-refractivity contribution < 1.29 is 9.52 Å². The third kappa shape index (κ3) is 2.55. The number of aliphatic hydroxyl groups is 1. The number of aromatic amines is 1. The van der Waals surface area contributed by atoms with Crippen molar-refractivity contribution in [2.24, 2.45) is 0 Å². The Morgan fingerprint density at radius 1 is 1.56 bits per heavy atom. The maximum atomic E-state index is 9.30. The largest absolute Gasteiger partial charge is 0.429 e. The Labute approximate surface area is 102 Å². The molecule has 6 heteroatoms. The maximum absolute atomic E-state index is 9.30. The fraction of sp³-hybridized carbons (Fsp3) is 0.300. The molecule has 0 radical (unpaired) electrons. The number of oxazole rings is 1. The minimum Gasteiger partial charge on any atom is -0.429 e. The number of H-pyrrole nitrogens is 1. The number of hydrogen-bond acceptors (Lipinski definition) is 4.